The summed E-state index contributed by atoms with van der Waals surface area (Å²) in [5.41, 5.74) is 15.1. The van der Waals surface area contributed by atoms with Gasteiger partial charge in [-0.05, 0) is 89.5 Å². The summed E-state index contributed by atoms with van der Waals surface area (Å²) in [6.45, 7) is 0. The zero-order valence-corrected chi connectivity index (χ0v) is 31.2. The van der Waals surface area contributed by atoms with E-state index in [2.05, 4.69) is 238 Å². The Hall–Kier alpha value is -7.62. The molecule has 0 spiro atoms. The van der Waals surface area contributed by atoms with E-state index in [1.54, 1.807) is 0 Å². The van der Waals surface area contributed by atoms with Gasteiger partial charge in [-0.3, -0.25) is 0 Å². The van der Waals surface area contributed by atoms with Crippen molar-refractivity contribution in [1.29, 1.82) is 0 Å². The van der Waals surface area contributed by atoms with E-state index in [4.69, 9.17) is 0 Å². The van der Waals surface area contributed by atoms with Crippen LogP contribution >= 0.6 is 0 Å². The number of fused-ring (bicyclic) bond motifs is 6. The Labute approximate surface area is 331 Å². The van der Waals surface area contributed by atoms with Crippen LogP contribution in [0.2, 0.25) is 0 Å². The summed E-state index contributed by atoms with van der Waals surface area (Å²) in [6, 6.07) is 81.1. The van der Waals surface area contributed by atoms with Gasteiger partial charge in [0.15, 0.2) is 0 Å². The van der Waals surface area contributed by atoms with E-state index >= 15 is 0 Å². The number of rotatable bonds is 7. The first-order chi connectivity index (χ1) is 28.3. The summed E-state index contributed by atoms with van der Waals surface area (Å²) < 4.78 is 4.80. The summed E-state index contributed by atoms with van der Waals surface area (Å²) in [5, 5.41) is 5.00. The molecule has 0 fully saturated rings. The van der Waals surface area contributed by atoms with Crippen LogP contribution in [0.5, 0.6) is 0 Å². The fraction of sp³-hybridized carbons (Fsp3) is 0. The van der Waals surface area contributed by atoms with Crippen molar-refractivity contribution < 1.29 is 0 Å². The molecule has 57 heavy (non-hydrogen) atoms. The standard InChI is InChI=1S/C54H37N3/c1-3-16-38(17-4-1)40-18-13-21-43(36-40)55(44-22-14-23-45(37-44)56-51-29-10-7-24-47(51)48-25-8-11-30-52(48)56)42-34-32-39(33-35-42)46-27-15-28-50-49-26-9-12-31-53(49)57(54(46)50)41-19-5-2-6-20-41/h1-37H. The van der Waals surface area contributed by atoms with E-state index in [1.165, 1.54) is 65.9 Å². The van der Waals surface area contributed by atoms with Crippen LogP contribution in [0.1, 0.15) is 0 Å². The second-order valence-corrected chi connectivity index (χ2v) is 14.6. The highest BCUT2D eigenvalue weighted by Crippen LogP contribution is 2.42. The predicted octanol–water partition coefficient (Wildman–Crippen LogP) is 14.7. The smallest absolute Gasteiger partial charge is 0.0619 e. The lowest BCUT2D eigenvalue weighted by Crippen LogP contribution is -2.10. The van der Waals surface area contributed by atoms with Crippen LogP contribution in [-0.4, -0.2) is 9.13 Å². The maximum Gasteiger partial charge on any atom is 0.0619 e. The molecule has 268 valence electrons. The molecule has 0 amide bonds. The number of benzene rings is 9. The third-order valence-corrected chi connectivity index (χ3v) is 11.3. The number of para-hydroxylation sites is 5. The van der Waals surface area contributed by atoms with Gasteiger partial charge in [-0.15, -0.1) is 0 Å². The maximum absolute atomic E-state index is 2.41. The Morgan fingerprint density at radius 3 is 1.46 bits per heavy atom. The summed E-state index contributed by atoms with van der Waals surface area (Å²) >= 11 is 0. The van der Waals surface area contributed by atoms with Crippen molar-refractivity contribution in [3.8, 4) is 33.6 Å². The Kier molecular flexibility index (Phi) is 7.82. The van der Waals surface area contributed by atoms with Gasteiger partial charge >= 0.3 is 0 Å². The molecule has 9 aromatic carbocycles. The van der Waals surface area contributed by atoms with Crippen molar-refractivity contribution in [2.75, 3.05) is 4.90 Å². The van der Waals surface area contributed by atoms with Crippen molar-refractivity contribution in [3.05, 3.63) is 224 Å². The quantitative estimate of drug-likeness (QED) is 0.159. The lowest BCUT2D eigenvalue weighted by Gasteiger charge is -2.27. The maximum atomic E-state index is 2.41. The summed E-state index contributed by atoms with van der Waals surface area (Å²) in [7, 11) is 0. The molecule has 2 heterocycles. The fourth-order valence-corrected chi connectivity index (χ4v) is 8.76. The lowest BCUT2D eigenvalue weighted by atomic mass is 10.0. The molecule has 0 bridgehead atoms. The van der Waals surface area contributed by atoms with Gasteiger partial charge in [0, 0.05) is 55.5 Å². The van der Waals surface area contributed by atoms with Gasteiger partial charge in [0.1, 0.15) is 0 Å². The number of aromatic nitrogens is 2. The first-order valence-electron chi connectivity index (χ1n) is 19.5. The zero-order chi connectivity index (χ0) is 37.7. The minimum atomic E-state index is 1.08. The van der Waals surface area contributed by atoms with Crippen LogP contribution in [0.15, 0.2) is 224 Å². The van der Waals surface area contributed by atoms with Crippen molar-refractivity contribution in [2.24, 2.45) is 0 Å². The van der Waals surface area contributed by atoms with Gasteiger partial charge in [0.2, 0.25) is 0 Å². The first kappa shape index (κ1) is 32.8. The minimum absolute atomic E-state index is 1.08. The molecule has 0 atom stereocenters. The average Bonchev–Trinajstić information content (AvgIpc) is 3.81. The molecule has 3 heteroatoms. The molecule has 2 aromatic heterocycles. The molecule has 0 radical (unpaired) electrons. The van der Waals surface area contributed by atoms with Crippen molar-refractivity contribution in [1.82, 2.24) is 9.13 Å². The third-order valence-electron chi connectivity index (χ3n) is 11.3. The van der Waals surface area contributed by atoms with Crippen molar-refractivity contribution >= 4 is 60.7 Å². The number of hydrogen-bond donors (Lipinski definition) is 0. The van der Waals surface area contributed by atoms with E-state index in [9.17, 15) is 0 Å². The zero-order valence-electron chi connectivity index (χ0n) is 31.2. The first-order valence-corrected chi connectivity index (χ1v) is 19.5. The molecular formula is C54H37N3. The molecule has 0 saturated carbocycles. The van der Waals surface area contributed by atoms with E-state index in [0.717, 1.165) is 28.4 Å². The van der Waals surface area contributed by atoms with E-state index in [1.807, 2.05) is 0 Å². The van der Waals surface area contributed by atoms with Crippen LogP contribution in [0, 0.1) is 0 Å². The average molecular weight is 728 g/mol. The molecule has 0 aliphatic heterocycles. The highest BCUT2D eigenvalue weighted by molar-refractivity contribution is 6.14. The van der Waals surface area contributed by atoms with Crippen LogP contribution in [0.4, 0.5) is 17.1 Å². The SMILES string of the molecule is c1ccc(-c2cccc(N(c3ccc(-c4cccc5c6ccccc6n(-c6ccccc6)c45)cc3)c3cccc(-n4c5ccccc5c5ccccc54)c3)c2)cc1. The van der Waals surface area contributed by atoms with Crippen molar-refractivity contribution in [2.45, 2.75) is 0 Å². The molecule has 0 unspecified atom stereocenters. The van der Waals surface area contributed by atoms with Crippen molar-refractivity contribution in [3.63, 3.8) is 0 Å². The molecule has 0 aliphatic carbocycles. The Balaban J connectivity index is 1.08. The minimum Gasteiger partial charge on any atom is -0.310 e. The summed E-state index contributed by atoms with van der Waals surface area (Å²) in [5.74, 6) is 0. The monoisotopic (exact) mass is 727 g/mol. The topological polar surface area (TPSA) is 13.1 Å². The molecule has 0 saturated heterocycles. The lowest BCUT2D eigenvalue weighted by molar-refractivity contribution is 1.17. The highest BCUT2D eigenvalue weighted by atomic mass is 15.1. The van der Waals surface area contributed by atoms with Gasteiger partial charge in [-0.1, -0.05) is 152 Å². The Morgan fingerprint density at radius 1 is 0.281 bits per heavy atom. The summed E-state index contributed by atoms with van der Waals surface area (Å²) in [6.07, 6.45) is 0. The van der Waals surface area contributed by atoms with Gasteiger partial charge in [-0.2, -0.15) is 0 Å². The third kappa shape index (κ3) is 5.51. The van der Waals surface area contributed by atoms with E-state index < -0.39 is 0 Å². The van der Waals surface area contributed by atoms with Gasteiger partial charge in [0.05, 0.1) is 22.1 Å². The largest absolute Gasteiger partial charge is 0.310 e. The van der Waals surface area contributed by atoms with Crippen LogP contribution < -0.4 is 4.90 Å². The second-order valence-electron chi connectivity index (χ2n) is 14.6. The summed E-state index contributed by atoms with van der Waals surface area (Å²) in [4.78, 5) is 2.38. The predicted molar refractivity (Wildman–Crippen MR) is 241 cm³/mol. The normalized spacial score (nSPS) is 11.5. The van der Waals surface area contributed by atoms with Gasteiger partial charge in [0.25, 0.3) is 0 Å². The number of hydrogen-bond acceptors (Lipinski definition) is 1. The van der Waals surface area contributed by atoms with Crippen LogP contribution in [0.3, 0.4) is 0 Å². The molecule has 0 aliphatic rings. The molecule has 11 aromatic rings. The molecular weight excluding hydrogens is 691 g/mol. The van der Waals surface area contributed by atoms with E-state index in [-0.39, 0.29) is 0 Å². The fourth-order valence-electron chi connectivity index (χ4n) is 8.76. The molecule has 0 N–H and O–H groups in total. The van der Waals surface area contributed by atoms with E-state index in [0.29, 0.717) is 0 Å². The Bertz CT molecular complexity index is 3170. The molecule has 11 rings (SSSR count). The number of nitrogens with zero attached hydrogens (tertiary/aromatic N) is 3. The highest BCUT2D eigenvalue weighted by Gasteiger charge is 2.19. The van der Waals surface area contributed by atoms with Crippen LogP contribution in [0.25, 0.3) is 77.2 Å². The van der Waals surface area contributed by atoms with Gasteiger partial charge < -0.3 is 14.0 Å². The second kappa shape index (κ2) is 13.6. The van der Waals surface area contributed by atoms with Crippen LogP contribution in [-0.2, 0) is 0 Å². The number of anilines is 3. The molecule has 3 nitrogen and oxygen atoms in total. The Morgan fingerprint density at radius 2 is 0.772 bits per heavy atom. The van der Waals surface area contributed by atoms with Gasteiger partial charge in [-0.25, -0.2) is 0 Å².